The summed E-state index contributed by atoms with van der Waals surface area (Å²) in [6.07, 6.45) is 0. The van der Waals surface area contributed by atoms with Crippen molar-refractivity contribution in [1.29, 1.82) is 0 Å². The highest BCUT2D eigenvalue weighted by molar-refractivity contribution is 6.31. The molecule has 2 aromatic rings. The molecule has 2 rings (SSSR count). The Morgan fingerprint density at radius 2 is 2.11 bits per heavy atom. The van der Waals surface area contributed by atoms with Crippen LogP contribution in [0.4, 0.5) is 0 Å². The highest BCUT2D eigenvalue weighted by Crippen LogP contribution is 2.28. The van der Waals surface area contributed by atoms with E-state index in [0.717, 1.165) is 7.11 Å². The van der Waals surface area contributed by atoms with Crippen LogP contribution in [-0.2, 0) is 11.8 Å². The largest absolute Gasteiger partial charge is 0.506 e. The lowest BCUT2D eigenvalue weighted by Gasteiger charge is -2.10. The van der Waals surface area contributed by atoms with Gasteiger partial charge in [-0.2, -0.15) is 0 Å². The normalized spacial score (nSPS) is 10.6. The number of fused-ring (bicyclic) bond motifs is 1. The summed E-state index contributed by atoms with van der Waals surface area (Å²) in [4.78, 5) is 23.5. The van der Waals surface area contributed by atoms with E-state index < -0.39 is 17.3 Å². The van der Waals surface area contributed by atoms with Crippen molar-refractivity contribution in [2.24, 2.45) is 7.05 Å². The van der Waals surface area contributed by atoms with Crippen LogP contribution in [0.2, 0.25) is 5.02 Å². The molecule has 0 atom stereocenters. The Labute approximate surface area is 107 Å². The van der Waals surface area contributed by atoms with Gasteiger partial charge in [-0.1, -0.05) is 11.6 Å². The summed E-state index contributed by atoms with van der Waals surface area (Å²) < 4.78 is 5.73. The van der Waals surface area contributed by atoms with Crippen LogP contribution in [0.1, 0.15) is 10.4 Å². The van der Waals surface area contributed by atoms with Gasteiger partial charge in [0.25, 0.3) is 5.56 Å². The van der Waals surface area contributed by atoms with Gasteiger partial charge in [0, 0.05) is 17.5 Å². The molecule has 0 radical (unpaired) electrons. The standard InChI is InChI=1S/C12H10ClNO4/c1-14-8-5-6(13)3-4-7(8)10(15)9(11(14)16)12(17)18-2/h3-5,15H,1-2H3. The summed E-state index contributed by atoms with van der Waals surface area (Å²) in [6, 6.07) is 4.65. The van der Waals surface area contributed by atoms with E-state index in [-0.39, 0.29) is 5.56 Å². The second-order valence-corrected chi connectivity index (χ2v) is 4.18. The lowest BCUT2D eigenvalue weighted by atomic mass is 10.1. The lowest BCUT2D eigenvalue weighted by Crippen LogP contribution is -2.25. The molecule has 0 saturated carbocycles. The number of esters is 1. The van der Waals surface area contributed by atoms with E-state index in [1.165, 1.54) is 11.6 Å². The third-order valence-corrected chi connectivity index (χ3v) is 2.96. The van der Waals surface area contributed by atoms with Crippen LogP contribution in [0, 0.1) is 0 Å². The number of hydrogen-bond acceptors (Lipinski definition) is 4. The molecule has 6 heteroatoms. The molecule has 0 fully saturated rings. The van der Waals surface area contributed by atoms with Crippen molar-refractivity contribution in [1.82, 2.24) is 4.57 Å². The fraction of sp³-hybridized carbons (Fsp3) is 0.167. The maximum Gasteiger partial charge on any atom is 0.347 e. The monoisotopic (exact) mass is 267 g/mol. The number of rotatable bonds is 1. The molecule has 1 N–H and O–H groups in total. The van der Waals surface area contributed by atoms with Gasteiger partial charge in [0.1, 0.15) is 5.75 Å². The Balaban J connectivity index is 2.97. The topological polar surface area (TPSA) is 68.5 Å². The predicted molar refractivity (Wildman–Crippen MR) is 67.2 cm³/mol. The SMILES string of the molecule is COC(=O)c1c(O)c2ccc(Cl)cc2n(C)c1=O. The fourth-order valence-electron chi connectivity index (χ4n) is 1.78. The maximum absolute atomic E-state index is 12.0. The van der Waals surface area contributed by atoms with Gasteiger partial charge in [0.05, 0.1) is 12.6 Å². The first kappa shape index (κ1) is 12.4. The molecule has 1 aromatic heterocycles. The number of aromatic nitrogens is 1. The van der Waals surface area contributed by atoms with Gasteiger partial charge in [0.2, 0.25) is 0 Å². The smallest absolute Gasteiger partial charge is 0.347 e. The Morgan fingerprint density at radius 1 is 1.44 bits per heavy atom. The maximum atomic E-state index is 12.0. The number of methoxy groups -OCH3 is 1. The Kier molecular flexibility index (Phi) is 3.00. The zero-order valence-electron chi connectivity index (χ0n) is 9.73. The van der Waals surface area contributed by atoms with E-state index >= 15 is 0 Å². The van der Waals surface area contributed by atoms with Crippen LogP contribution in [0.5, 0.6) is 5.75 Å². The molecule has 0 aliphatic carbocycles. The van der Waals surface area contributed by atoms with E-state index in [2.05, 4.69) is 4.74 Å². The molecule has 94 valence electrons. The van der Waals surface area contributed by atoms with E-state index in [0.29, 0.717) is 15.9 Å². The minimum atomic E-state index is -0.870. The number of pyridine rings is 1. The third-order valence-electron chi connectivity index (χ3n) is 2.72. The zero-order chi connectivity index (χ0) is 13.4. The number of hydrogen-bond donors (Lipinski definition) is 1. The Bertz CT molecular complexity index is 705. The van der Waals surface area contributed by atoms with E-state index in [4.69, 9.17) is 11.6 Å². The summed E-state index contributed by atoms with van der Waals surface area (Å²) in [6.45, 7) is 0. The number of carbonyl (C=O) groups is 1. The first-order valence-corrected chi connectivity index (χ1v) is 5.44. The van der Waals surface area contributed by atoms with Crippen molar-refractivity contribution in [2.75, 3.05) is 7.11 Å². The third kappa shape index (κ3) is 1.73. The number of halogens is 1. The van der Waals surface area contributed by atoms with E-state index in [9.17, 15) is 14.7 Å². The number of aryl methyl sites for hydroxylation is 1. The van der Waals surface area contributed by atoms with Crippen molar-refractivity contribution >= 4 is 28.5 Å². The molecule has 1 aromatic carbocycles. The van der Waals surface area contributed by atoms with Crippen LogP contribution < -0.4 is 5.56 Å². The zero-order valence-corrected chi connectivity index (χ0v) is 10.5. The molecule has 18 heavy (non-hydrogen) atoms. The number of nitrogens with zero attached hydrogens (tertiary/aromatic N) is 1. The molecule has 0 bridgehead atoms. The number of benzene rings is 1. The van der Waals surface area contributed by atoms with Crippen LogP contribution in [0.15, 0.2) is 23.0 Å². The van der Waals surface area contributed by atoms with Crippen LogP contribution in [-0.4, -0.2) is 22.8 Å². The van der Waals surface area contributed by atoms with Crippen molar-refractivity contribution < 1.29 is 14.6 Å². The van der Waals surface area contributed by atoms with Crippen LogP contribution in [0.25, 0.3) is 10.9 Å². The average Bonchev–Trinajstić information content (AvgIpc) is 2.35. The Hall–Kier alpha value is -2.01. The van der Waals surface area contributed by atoms with Gasteiger partial charge >= 0.3 is 5.97 Å². The summed E-state index contributed by atoms with van der Waals surface area (Å²) >= 11 is 5.84. The number of carbonyl (C=O) groups excluding carboxylic acids is 1. The van der Waals surface area contributed by atoms with Crippen molar-refractivity contribution in [3.05, 3.63) is 39.1 Å². The average molecular weight is 268 g/mol. The quantitative estimate of drug-likeness (QED) is 0.798. The minimum absolute atomic E-state index is 0.363. The van der Waals surface area contributed by atoms with Gasteiger partial charge in [-0.05, 0) is 18.2 Å². The highest BCUT2D eigenvalue weighted by Gasteiger charge is 2.21. The lowest BCUT2D eigenvalue weighted by molar-refractivity contribution is 0.0595. The summed E-state index contributed by atoms with van der Waals surface area (Å²) in [5, 5.41) is 10.8. The molecular weight excluding hydrogens is 258 g/mol. The molecular formula is C12H10ClNO4. The molecule has 0 amide bonds. The number of ether oxygens (including phenoxy) is 1. The van der Waals surface area contributed by atoms with Gasteiger partial charge in [0.15, 0.2) is 5.56 Å². The van der Waals surface area contributed by atoms with Crippen molar-refractivity contribution in [3.8, 4) is 5.75 Å². The summed E-state index contributed by atoms with van der Waals surface area (Å²) in [5.74, 6) is -1.26. The second-order valence-electron chi connectivity index (χ2n) is 3.74. The van der Waals surface area contributed by atoms with Gasteiger partial charge < -0.3 is 14.4 Å². The first-order chi connectivity index (χ1) is 8.47. The second kappa shape index (κ2) is 4.34. The predicted octanol–water partition coefficient (Wildman–Crippen LogP) is 1.68. The van der Waals surface area contributed by atoms with Crippen molar-refractivity contribution in [3.63, 3.8) is 0 Å². The molecule has 0 spiro atoms. The van der Waals surface area contributed by atoms with Crippen molar-refractivity contribution in [2.45, 2.75) is 0 Å². The first-order valence-electron chi connectivity index (χ1n) is 5.07. The summed E-state index contributed by atoms with van der Waals surface area (Å²) in [5.41, 5.74) is -0.568. The highest BCUT2D eigenvalue weighted by atomic mass is 35.5. The molecule has 0 saturated heterocycles. The summed E-state index contributed by atoms with van der Waals surface area (Å²) in [7, 11) is 2.64. The minimum Gasteiger partial charge on any atom is -0.506 e. The molecule has 0 aliphatic rings. The fourth-order valence-corrected chi connectivity index (χ4v) is 1.95. The molecule has 0 aliphatic heterocycles. The van der Waals surface area contributed by atoms with E-state index in [1.54, 1.807) is 18.2 Å². The molecule has 1 heterocycles. The number of aromatic hydroxyl groups is 1. The van der Waals surface area contributed by atoms with Gasteiger partial charge in [-0.15, -0.1) is 0 Å². The van der Waals surface area contributed by atoms with Crippen LogP contribution >= 0.6 is 11.6 Å². The molecule has 0 unspecified atom stereocenters. The van der Waals surface area contributed by atoms with Gasteiger partial charge in [-0.3, -0.25) is 4.79 Å². The van der Waals surface area contributed by atoms with Crippen LogP contribution in [0.3, 0.4) is 0 Å². The molecule has 5 nitrogen and oxygen atoms in total. The van der Waals surface area contributed by atoms with E-state index in [1.807, 2.05) is 0 Å². The van der Waals surface area contributed by atoms with Gasteiger partial charge in [-0.25, -0.2) is 4.79 Å². The Morgan fingerprint density at radius 3 is 2.72 bits per heavy atom.